The Hall–Kier alpha value is -1.61. The highest BCUT2D eigenvalue weighted by atomic mass is 32.1. The third-order valence-corrected chi connectivity index (χ3v) is 5.19. The van der Waals surface area contributed by atoms with Gasteiger partial charge in [0.05, 0.1) is 6.04 Å². The van der Waals surface area contributed by atoms with Crippen molar-refractivity contribution in [3.63, 3.8) is 0 Å². The monoisotopic (exact) mass is 313 g/mol. The second-order valence-electron chi connectivity index (χ2n) is 6.23. The number of amides is 1. The molecule has 116 valence electrons. The molecule has 1 amide bonds. The van der Waals surface area contributed by atoms with Crippen molar-refractivity contribution in [3.05, 3.63) is 57.8 Å². The van der Waals surface area contributed by atoms with Crippen molar-refractivity contribution >= 4 is 17.2 Å². The van der Waals surface area contributed by atoms with Gasteiger partial charge < -0.3 is 5.32 Å². The molecule has 1 N–H and O–H groups in total. The molecule has 1 aromatic carbocycles. The Kier molecular flexibility index (Phi) is 4.94. The number of rotatable bonds is 7. The molecule has 0 saturated heterocycles. The van der Waals surface area contributed by atoms with Crippen LogP contribution in [-0.4, -0.2) is 5.91 Å². The van der Waals surface area contributed by atoms with Gasteiger partial charge in [-0.1, -0.05) is 35.9 Å². The fourth-order valence-corrected chi connectivity index (χ4v) is 3.55. The largest absolute Gasteiger partial charge is 0.349 e. The van der Waals surface area contributed by atoms with E-state index < -0.39 is 0 Å². The minimum absolute atomic E-state index is 0.189. The lowest BCUT2D eigenvalue weighted by Gasteiger charge is -2.19. The third-order valence-electron chi connectivity index (χ3n) is 4.25. The van der Waals surface area contributed by atoms with Crippen molar-refractivity contribution < 1.29 is 4.79 Å². The lowest BCUT2D eigenvalue weighted by atomic mass is 10.0. The van der Waals surface area contributed by atoms with E-state index in [1.807, 2.05) is 0 Å². The van der Waals surface area contributed by atoms with Crippen LogP contribution >= 0.6 is 11.3 Å². The van der Waals surface area contributed by atoms with Crippen molar-refractivity contribution in [2.75, 3.05) is 0 Å². The first-order valence-corrected chi connectivity index (χ1v) is 8.98. The van der Waals surface area contributed by atoms with Gasteiger partial charge in [0.25, 0.3) is 0 Å². The number of aryl methyl sites for hydroxylation is 2. The first-order chi connectivity index (χ1) is 10.7. The Morgan fingerprint density at radius 3 is 2.68 bits per heavy atom. The maximum Gasteiger partial charge on any atom is 0.220 e. The first kappa shape index (κ1) is 15.3. The quantitative estimate of drug-likeness (QED) is 0.792. The number of hydrogen-bond donors (Lipinski definition) is 1. The molecule has 3 heteroatoms. The summed E-state index contributed by atoms with van der Waals surface area (Å²) in [5, 5.41) is 5.35. The van der Waals surface area contributed by atoms with Crippen molar-refractivity contribution in [1.29, 1.82) is 0 Å². The zero-order chi connectivity index (χ0) is 15.4. The molecule has 1 aliphatic rings. The maximum atomic E-state index is 12.2. The second-order valence-corrected chi connectivity index (χ2v) is 7.26. The predicted octanol–water partition coefficient (Wildman–Crippen LogP) is 4.65. The van der Waals surface area contributed by atoms with Crippen LogP contribution in [0.15, 0.2) is 41.8 Å². The fourth-order valence-electron chi connectivity index (χ4n) is 2.80. The van der Waals surface area contributed by atoms with Gasteiger partial charge in [-0.3, -0.25) is 4.79 Å². The van der Waals surface area contributed by atoms with Crippen LogP contribution in [-0.2, 0) is 11.2 Å². The van der Waals surface area contributed by atoms with Gasteiger partial charge in [0.2, 0.25) is 5.91 Å². The van der Waals surface area contributed by atoms with Crippen molar-refractivity contribution in [1.82, 2.24) is 5.32 Å². The van der Waals surface area contributed by atoms with Gasteiger partial charge in [-0.05, 0) is 55.5 Å². The van der Waals surface area contributed by atoms with E-state index >= 15 is 0 Å². The minimum Gasteiger partial charge on any atom is -0.349 e. The molecule has 1 aliphatic carbocycles. The summed E-state index contributed by atoms with van der Waals surface area (Å²) in [7, 11) is 0. The smallest absolute Gasteiger partial charge is 0.220 e. The standard InChI is InChI=1S/C19H23NOS/c1-14-7-9-15(10-8-14)19(16-11-12-16)20-18(21)6-2-4-17-5-3-13-22-17/h3,5,7-10,13,16,19H,2,4,6,11-12H2,1H3,(H,20,21). The van der Waals surface area contributed by atoms with Gasteiger partial charge in [-0.15, -0.1) is 11.3 Å². The molecule has 1 atom stereocenters. The zero-order valence-corrected chi connectivity index (χ0v) is 13.9. The lowest BCUT2D eigenvalue weighted by molar-refractivity contribution is -0.122. The molecule has 1 unspecified atom stereocenters. The number of nitrogens with one attached hydrogen (secondary N) is 1. The normalized spacial score (nSPS) is 15.5. The average Bonchev–Trinajstić information content (AvgIpc) is 3.23. The molecule has 1 aromatic heterocycles. The van der Waals surface area contributed by atoms with Gasteiger partial charge in [0.1, 0.15) is 0 Å². The molecule has 3 rings (SSSR count). The van der Waals surface area contributed by atoms with Crippen molar-refractivity contribution in [3.8, 4) is 0 Å². The predicted molar refractivity (Wildman–Crippen MR) is 92.0 cm³/mol. The highest BCUT2D eigenvalue weighted by Gasteiger charge is 2.33. The van der Waals surface area contributed by atoms with Crippen LogP contribution in [0.3, 0.4) is 0 Å². The van der Waals surface area contributed by atoms with Crippen LogP contribution in [0, 0.1) is 12.8 Å². The molecular weight excluding hydrogens is 290 g/mol. The second kappa shape index (κ2) is 7.10. The highest BCUT2D eigenvalue weighted by Crippen LogP contribution is 2.41. The number of hydrogen-bond acceptors (Lipinski definition) is 2. The molecule has 0 spiro atoms. The summed E-state index contributed by atoms with van der Waals surface area (Å²) >= 11 is 1.77. The summed E-state index contributed by atoms with van der Waals surface area (Å²) in [5.41, 5.74) is 2.51. The molecule has 1 saturated carbocycles. The number of thiophene rings is 1. The molecule has 0 aliphatic heterocycles. The Bertz CT molecular complexity index is 599. The Balaban J connectivity index is 1.52. The van der Waals surface area contributed by atoms with Crippen LogP contribution in [0.5, 0.6) is 0 Å². The molecule has 0 bridgehead atoms. The van der Waals surface area contributed by atoms with Crippen LogP contribution < -0.4 is 5.32 Å². The van der Waals surface area contributed by atoms with E-state index in [1.54, 1.807) is 11.3 Å². The molecular formula is C19H23NOS. The summed E-state index contributed by atoms with van der Waals surface area (Å²) < 4.78 is 0. The first-order valence-electron chi connectivity index (χ1n) is 8.10. The summed E-state index contributed by atoms with van der Waals surface area (Å²) in [5.74, 6) is 0.818. The van der Waals surface area contributed by atoms with E-state index in [9.17, 15) is 4.79 Å². The molecule has 1 heterocycles. The molecule has 2 aromatic rings. The maximum absolute atomic E-state index is 12.2. The number of benzene rings is 1. The number of carbonyl (C=O) groups excluding carboxylic acids is 1. The van der Waals surface area contributed by atoms with E-state index in [2.05, 4.69) is 54.0 Å². The van der Waals surface area contributed by atoms with Crippen molar-refractivity contribution in [2.45, 2.75) is 45.1 Å². The molecule has 2 nitrogen and oxygen atoms in total. The summed E-state index contributed by atoms with van der Waals surface area (Å²) in [6.07, 6.45) is 5.01. The summed E-state index contributed by atoms with van der Waals surface area (Å²) in [4.78, 5) is 13.6. The van der Waals surface area contributed by atoms with Crippen LogP contribution in [0.25, 0.3) is 0 Å². The highest BCUT2D eigenvalue weighted by molar-refractivity contribution is 7.09. The van der Waals surface area contributed by atoms with Gasteiger partial charge in [0, 0.05) is 11.3 Å². The average molecular weight is 313 g/mol. The van der Waals surface area contributed by atoms with Crippen LogP contribution in [0.1, 0.15) is 47.7 Å². The Morgan fingerprint density at radius 1 is 1.27 bits per heavy atom. The lowest BCUT2D eigenvalue weighted by Crippen LogP contribution is -2.29. The van der Waals surface area contributed by atoms with Gasteiger partial charge in [-0.25, -0.2) is 0 Å². The van der Waals surface area contributed by atoms with E-state index in [0.29, 0.717) is 12.3 Å². The Labute approximate surface area is 136 Å². The van der Waals surface area contributed by atoms with E-state index in [1.165, 1.54) is 28.8 Å². The van der Waals surface area contributed by atoms with E-state index in [0.717, 1.165) is 12.8 Å². The third kappa shape index (κ3) is 4.20. The van der Waals surface area contributed by atoms with Crippen LogP contribution in [0.2, 0.25) is 0 Å². The van der Waals surface area contributed by atoms with Gasteiger partial charge >= 0.3 is 0 Å². The fraction of sp³-hybridized carbons (Fsp3) is 0.421. The molecule has 1 fully saturated rings. The SMILES string of the molecule is Cc1ccc(C(NC(=O)CCCc2cccs2)C2CC2)cc1. The molecule has 0 radical (unpaired) electrons. The van der Waals surface area contributed by atoms with Crippen LogP contribution in [0.4, 0.5) is 0 Å². The van der Waals surface area contributed by atoms with Crippen molar-refractivity contribution in [2.24, 2.45) is 5.92 Å². The van der Waals surface area contributed by atoms with Gasteiger partial charge in [-0.2, -0.15) is 0 Å². The zero-order valence-electron chi connectivity index (χ0n) is 13.0. The van der Waals surface area contributed by atoms with E-state index in [-0.39, 0.29) is 11.9 Å². The number of carbonyl (C=O) groups is 1. The summed E-state index contributed by atoms with van der Waals surface area (Å²) in [6.45, 7) is 2.10. The minimum atomic E-state index is 0.189. The topological polar surface area (TPSA) is 29.1 Å². The Morgan fingerprint density at radius 2 is 2.05 bits per heavy atom. The molecule has 22 heavy (non-hydrogen) atoms. The summed E-state index contributed by atoms with van der Waals surface area (Å²) in [6, 6.07) is 13.0. The van der Waals surface area contributed by atoms with Gasteiger partial charge in [0.15, 0.2) is 0 Å². The van der Waals surface area contributed by atoms with E-state index in [4.69, 9.17) is 0 Å².